The van der Waals surface area contributed by atoms with Crippen molar-refractivity contribution < 1.29 is 9.13 Å². The maximum atomic E-state index is 13.1. The predicted molar refractivity (Wildman–Crippen MR) is 134 cm³/mol. The summed E-state index contributed by atoms with van der Waals surface area (Å²) in [5, 5.41) is 4.50. The third kappa shape index (κ3) is 5.04. The van der Waals surface area contributed by atoms with Crippen molar-refractivity contribution >= 4 is 27.2 Å². The molecule has 5 rings (SSSR count). The van der Waals surface area contributed by atoms with Crippen molar-refractivity contribution in [3.8, 4) is 16.3 Å². The Labute approximate surface area is 196 Å². The first-order valence-electron chi connectivity index (χ1n) is 10.8. The second kappa shape index (κ2) is 9.43. The molecule has 164 valence electrons. The van der Waals surface area contributed by atoms with Crippen LogP contribution in [0.2, 0.25) is 0 Å². The molecule has 33 heavy (non-hydrogen) atoms. The van der Waals surface area contributed by atoms with Gasteiger partial charge in [-0.25, -0.2) is 9.37 Å². The highest BCUT2D eigenvalue weighted by Gasteiger charge is 2.08. The van der Waals surface area contributed by atoms with Gasteiger partial charge in [0.15, 0.2) is 0 Å². The largest absolute Gasteiger partial charge is 0.489 e. The van der Waals surface area contributed by atoms with Crippen LogP contribution in [0.4, 0.5) is 10.1 Å². The lowest BCUT2D eigenvalue weighted by molar-refractivity contribution is 0.303. The molecule has 0 unspecified atom stereocenters. The monoisotopic (exact) mass is 454 g/mol. The average molecular weight is 455 g/mol. The molecular weight excluding hydrogens is 431 g/mol. The number of nitrogens with one attached hydrogen (secondary N) is 1. The molecule has 0 saturated heterocycles. The highest BCUT2D eigenvalue weighted by Crippen LogP contribution is 2.31. The van der Waals surface area contributed by atoms with Gasteiger partial charge in [0.25, 0.3) is 0 Å². The van der Waals surface area contributed by atoms with Gasteiger partial charge < -0.3 is 10.1 Å². The number of benzene rings is 4. The van der Waals surface area contributed by atoms with E-state index in [0.29, 0.717) is 13.2 Å². The zero-order chi connectivity index (χ0) is 22.6. The summed E-state index contributed by atoms with van der Waals surface area (Å²) in [5.41, 5.74) is 6.43. The van der Waals surface area contributed by atoms with Crippen LogP contribution in [0, 0.1) is 12.7 Å². The average Bonchev–Trinajstić information content (AvgIpc) is 3.26. The van der Waals surface area contributed by atoms with Crippen LogP contribution in [0.3, 0.4) is 0 Å². The van der Waals surface area contributed by atoms with Crippen LogP contribution in [0.15, 0.2) is 91.0 Å². The summed E-state index contributed by atoms with van der Waals surface area (Å²) in [6.07, 6.45) is 0. The van der Waals surface area contributed by atoms with Crippen molar-refractivity contribution in [2.24, 2.45) is 0 Å². The topological polar surface area (TPSA) is 34.2 Å². The molecule has 4 aromatic carbocycles. The van der Waals surface area contributed by atoms with E-state index in [1.807, 2.05) is 24.3 Å². The van der Waals surface area contributed by atoms with Crippen molar-refractivity contribution in [1.29, 1.82) is 0 Å². The maximum Gasteiger partial charge on any atom is 0.124 e. The number of para-hydroxylation sites is 1. The minimum atomic E-state index is -0.243. The molecule has 0 aliphatic heterocycles. The van der Waals surface area contributed by atoms with Gasteiger partial charge in [0.2, 0.25) is 0 Å². The summed E-state index contributed by atoms with van der Waals surface area (Å²) in [5.74, 6) is 0.573. The molecule has 0 radical (unpaired) electrons. The Morgan fingerprint density at radius 1 is 0.909 bits per heavy atom. The summed E-state index contributed by atoms with van der Waals surface area (Å²) in [6.45, 7) is 3.14. The summed E-state index contributed by atoms with van der Waals surface area (Å²) < 4.78 is 20.3. The van der Waals surface area contributed by atoms with Crippen LogP contribution in [-0.2, 0) is 13.2 Å². The van der Waals surface area contributed by atoms with Gasteiger partial charge >= 0.3 is 0 Å². The molecule has 3 nitrogen and oxygen atoms in total. The highest BCUT2D eigenvalue weighted by molar-refractivity contribution is 7.21. The first-order valence-corrected chi connectivity index (χ1v) is 11.6. The van der Waals surface area contributed by atoms with Gasteiger partial charge in [-0.3, -0.25) is 0 Å². The Morgan fingerprint density at radius 3 is 2.52 bits per heavy atom. The smallest absolute Gasteiger partial charge is 0.124 e. The molecule has 0 fully saturated rings. The Kier molecular flexibility index (Phi) is 6.05. The lowest BCUT2D eigenvalue weighted by Gasteiger charge is -2.13. The van der Waals surface area contributed by atoms with Gasteiger partial charge in [0.05, 0.1) is 10.2 Å². The second-order valence-electron chi connectivity index (χ2n) is 7.94. The Balaban J connectivity index is 1.24. The fourth-order valence-corrected chi connectivity index (χ4v) is 4.68. The molecule has 0 amide bonds. The maximum absolute atomic E-state index is 13.1. The van der Waals surface area contributed by atoms with E-state index in [2.05, 4.69) is 54.7 Å². The van der Waals surface area contributed by atoms with Crippen molar-refractivity contribution in [1.82, 2.24) is 4.98 Å². The van der Waals surface area contributed by atoms with E-state index in [1.54, 1.807) is 23.5 Å². The SMILES string of the molecule is Cc1ccc2nc(-c3ccc(NCc4ccccc4OCc4ccc(F)cc4)cc3)sc2c1. The third-order valence-corrected chi connectivity index (χ3v) is 6.51. The van der Waals surface area contributed by atoms with Crippen LogP contribution < -0.4 is 10.1 Å². The first kappa shape index (κ1) is 21.2. The number of aryl methyl sites for hydroxylation is 1. The molecule has 0 atom stereocenters. The van der Waals surface area contributed by atoms with Crippen LogP contribution in [-0.4, -0.2) is 4.98 Å². The normalized spacial score (nSPS) is 11.0. The quantitative estimate of drug-likeness (QED) is 0.275. The minimum Gasteiger partial charge on any atom is -0.489 e. The summed E-state index contributed by atoms with van der Waals surface area (Å²) in [6, 6.07) is 29.1. The second-order valence-corrected chi connectivity index (χ2v) is 8.97. The van der Waals surface area contributed by atoms with Gasteiger partial charge in [-0.2, -0.15) is 0 Å². The van der Waals surface area contributed by atoms with Crippen molar-refractivity contribution in [3.05, 3.63) is 114 Å². The molecule has 1 N–H and O–H groups in total. The zero-order valence-corrected chi connectivity index (χ0v) is 19.0. The number of hydrogen-bond acceptors (Lipinski definition) is 4. The molecule has 0 saturated carbocycles. The molecule has 0 aliphatic rings. The number of hydrogen-bond donors (Lipinski definition) is 1. The number of halogens is 1. The number of nitrogens with zero attached hydrogens (tertiary/aromatic N) is 1. The molecular formula is C28H23FN2OS. The number of aromatic nitrogens is 1. The Morgan fingerprint density at radius 2 is 1.70 bits per heavy atom. The fraction of sp³-hybridized carbons (Fsp3) is 0.107. The summed E-state index contributed by atoms with van der Waals surface area (Å²) in [7, 11) is 0. The predicted octanol–water partition coefficient (Wildman–Crippen LogP) is 7.60. The van der Waals surface area contributed by atoms with E-state index in [4.69, 9.17) is 9.72 Å². The van der Waals surface area contributed by atoms with E-state index in [1.165, 1.54) is 22.4 Å². The fourth-order valence-electron chi connectivity index (χ4n) is 3.62. The Hall–Kier alpha value is -3.70. The summed E-state index contributed by atoms with van der Waals surface area (Å²) in [4.78, 5) is 4.77. The van der Waals surface area contributed by atoms with Crippen LogP contribution in [0.25, 0.3) is 20.8 Å². The standard InChI is InChI=1S/C28H23FN2OS/c1-19-6-15-25-27(16-19)33-28(31-25)21-9-13-24(14-10-21)30-17-22-4-2-3-5-26(22)32-18-20-7-11-23(29)12-8-20/h2-16,30H,17-18H2,1H3. The van der Waals surface area contributed by atoms with Gasteiger partial charge in [-0.1, -0.05) is 36.4 Å². The van der Waals surface area contributed by atoms with Gasteiger partial charge in [-0.05, 0) is 72.6 Å². The van der Waals surface area contributed by atoms with Crippen molar-refractivity contribution in [3.63, 3.8) is 0 Å². The molecule has 0 bridgehead atoms. The van der Waals surface area contributed by atoms with Crippen molar-refractivity contribution in [2.75, 3.05) is 5.32 Å². The van der Waals surface area contributed by atoms with Crippen LogP contribution >= 0.6 is 11.3 Å². The number of fused-ring (bicyclic) bond motifs is 1. The third-order valence-electron chi connectivity index (χ3n) is 5.44. The number of rotatable bonds is 7. The number of anilines is 1. The van der Waals surface area contributed by atoms with Gasteiger partial charge in [0.1, 0.15) is 23.2 Å². The van der Waals surface area contributed by atoms with Gasteiger partial charge in [-0.15, -0.1) is 11.3 Å². The molecule has 0 aliphatic carbocycles. The van der Waals surface area contributed by atoms with E-state index >= 15 is 0 Å². The van der Waals surface area contributed by atoms with E-state index in [-0.39, 0.29) is 5.82 Å². The zero-order valence-electron chi connectivity index (χ0n) is 18.2. The first-order chi connectivity index (χ1) is 16.1. The minimum absolute atomic E-state index is 0.243. The number of thiazole rings is 1. The Bertz CT molecular complexity index is 1380. The molecule has 5 aromatic rings. The lowest BCUT2D eigenvalue weighted by Crippen LogP contribution is -2.03. The molecule has 0 spiro atoms. The van der Waals surface area contributed by atoms with Crippen molar-refractivity contribution in [2.45, 2.75) is 20.1 Å². The molecule has 1 heterocycles. The number of ether oxygens (including phenoxy) is 1. The molecule has 5 heteroatoms. The van der Waals surface area contributed by atoms with E-state index in [9.17, 15) is 4.39 Å². The summed E-state index contributed by atoms with van der Waals surface area (Å²) >= 11 is 1.72. The lowest BCUT2D eigenvalue weighted by atomic mass is 10.1. The van der Waals surface area contributed by atoms with Crippen LogP contribution in [0.5, 0.6) is 5.75 Å². The molecule has 1 aromatic heterocycles. The van der Waals surface area contributed by atoms with E-state index in [0.717, 1.165) is 38.7 Å². The van der Waals surface area contributed by atoms with E-state index < -0.39 is 0 Å². The highest BCUT2D eigenvalue weighted by atomic mass is 32.1. The van der Waals surface area contributed by atoms with Gasteiger partial charge in [0, 0.05) is 23.4 Å². The van der Waals surface area contributed by atoms with Crippen LogP contribution in [0.1, 0.15) is 16.7 Å².